The van der Waals surface area contributed by atoms with Gasteiger partial charge in [0, 0.05) is 12.8 Å². The molecule has 2 atom stereocenters. The predicted octanol–water partition coefficient (Wildman–Crippen LogP) is 2.37. The Morgan fingerprint density at radius 2 is 1.62 bits per heavy atom. The van der Waals surface area contributed by atoms with Crippen molar-refractivity contribution in [3.63, 3.8) is 0 Å². The third kappa shape index (κ3) is 4.55. The van der Waals surface area contributed by atoms with E-state index in [9.17, 15) is 14.4 Å². The highest BCUT2D eigenvalue weighted by Crippen LogP contribution is 2.39. The highest BCUT2D eigenvalue weighted by Gasteiger charge is 2.45. The van der Waals surface area contributed by atoms with Crippen molar-refractivity contribution in [2.75, 3.05) is 13.2 Å². The van der Waals surface area contributed by atoms with E-state index in [0.717, 1.165) is 6.42 Å². The first-order chi connectivity index (χ1) is 9.92. The summed E-state index contributed by atoms with van der Waals surface area (Å²) in [4.78, 5) is 36.2. The van der Waals surface area contributed by atoms with Crippen LogP contribution in [-0.4, -0.2) is 30.9 Å². The van der Waals surface area contributed by atoms with Crippen LogP contribution < -0.4 is 0 Å². The summed E-state index contributed by atoms with van der Waals surface area (Å²) < 4.78 is 10.1. The summed E-state index contributed by atoms with van der Waals surface area (Å²) in [5, 5.41) is 0. The molecule has 0 aromatic rings. The first-order valence-electron chi connectivity index (χ1n) is 7.77. The standard InChI is InChI=1S/C16H26O5/c1-5-20-15(18)14(16(19)21-6-2)13-9-11(17)7-8-12(13)10(3)4/h10,12-14H,5-9H2,1-4H3. The van der Waals surface area contributed by atoms with E-state index in [4.69, 9.17) is 9.47 Å². The van der Waals surface area contributed by atoms with Gasteiger partial charge in [-0.1, -0.05) is 13.8 Å². The molecule has 0 saturated heterocycles. The van der Waals surface area contributed by atoms with E-state index in [0.29, 0.717) is 12.3 Å². The SMILES string of the molecule is CCOC(=O)C(C(=O)OCC)C1CC(=O)CCC1C(C)C. The number of ketones is 1. The van der Waals surface area contributed by atoms with Crippen LogP contribution in [0.5, 0.6) is 0 Å². The molecule has 0 radical (unpaired) electrons. The molecular weight excluding hydrogens is 272 g/mol. The van der Waals surface area contributed by atoms with E-state index >= 15 is 0 Å². The van der Waals surface area contributed by atoms with Gasteiger partial charge in [0.25, 0.3) is 0 Å². The van der Waals surface area contributed by atoms with E-state index < -0.39 is 17.9 Å². The smallest absolute Gasteiger partial charge is 0.320 e. The molecule has 0 aromatic heterocycles. The first kappa shape index (κ1) is 17.7. The van der Waals surface area contributed by atoms with E-state index in [2.05, 4.69) is 13.8 Å². The van der Waals surface area contributed by atoms with Crippen LogP contribution in [0.2, 0.25) is 0 Å². The molecule has 0 spiro atoms. The summed E-state index contributed by atoms with van der Waals surface area (Å²) >= 11 is 0. The average Bonchev–Trinajstić information content (AvgIpc) is 2.39. The maximum atomic E-state index is 12.2. The zero-order chi connectivity index (χ0) is 16.0. The molecule has 1 rings (SSSR count). The second-order valence-corrected chi connectivity index (χ2v) is 5.83. The highest BCUT2D eigenvalue weighted by molar-refractivity contribution is 5.96. The van der Waals surface area contributed by atoms with Gasteiger partial charge in [-0.15, -0.1) is 0 Å². The molecule has 0 aromatic carbocycles. The molecule has 5 heteroatoms. The predicted molar refractivity (Wildman–Crippen MR) is 77.4 cm³/mol. The Morgan fingerprint density at radius 1 is 1.10 bits per heavy atom. The van der Waals surface area contributed by atoms with Crippen molar-refractivity contribution in [3.8, 4) is 0 Å². The van der Waals surface area contributed by atoms with Crippen LogP contribution in [0.15, 0.2) is 0 Å². The number of carbonyl (C=O) groups excluding carboxylic acids is 3. The molecular formula is C16H26O5. The van der Waals surface area contributed by atoms with Crippen LogP contribution in [0, 0.1) is 23.7 Å². The van der Waals surface area contributed by atoms with Gasteiger partial charge in [0.05, 0.1) is 13.2 Å². The molecule has 0 amide bonds. The van der Waals surface area contributed by atoms with Crippen LogP contribution >= 0.6 is 0 Å². The number of rotatable bonds is 6. The van der Waals surface area contributed by atoms with Gasteiger partial charge in [0.1, 0.15) is 5.78 Å². The number of Topliss-reactive ketones (excluding diaryl/α,β-unsaturated/α-hetero) is 1. The van der Waals surface area contributed by atoms with E-state index in [1.807, 2.05) is 0 Å². The van der Waals surface area contributed by atoms with E-state index in [1.54, 1.807) is 13.8 Å². The molecule has 0 heterocycles. The Hall–Kier alpha value is -1.39. The van der Waals surface area contributed by atoms with E-state index in [-0.39, 0.29) is 37.3 Å². The van der Waals surface area contributed by atoms with Crippen molar-refractivity contribution < 1.29 is 23.9 Å². The Kier molecular flexibility index (Phi) is 6.85. The summed E-state index contributed by atoms with van der Waals surface area (Å²) in [6.45, 7) is 7.93. The van der Waals surface area contributed by atoms with Gasteiger partial charge in [-0.2, -0.15) is 0 Å². The lowest BCUT2D eigenvalue weighted by atomic mass is 9.67. The Bertz CT molecular complexity index is 370. The Labute approximate surface area is 126 Å². The lowest BCUT2D eigenvalue weighted by molar-refractivity contribution is -0.167. The Morgan fingerprint density at radius 3 is 2.05 bits per heavy atom. The summed E-state index contributed by atoms with van der Waals surface area (Å²) in [6, 6.07) is 0. The Balaban J connectivity index is 3.04. The fourth-order valence-corrected chi connectivity index (χ4v) is 3.16. The lowest BCUT2D eigenvalue weighted by Gasteiger charge is -2.36. The molecule has 1 aliphatic rings. The van der Waals surface area contributed by atoms with Gasteiger partial charge in [-0.05, 0) is 38.0 Å². The molecule has 2 unspecified atom stereocenters. The average molecular weight is 298 g/mol. The number of carbonyl (C=O) groups is 3. The van der Waals surface area contributed by atoms with Gasteiger partial charge < -0.3 is 9.47 Å². The second kappa shape index (κ2) is 8.15. The zero-order valence-corrected chi connectivity index (χ0v) is 13.4. The topological polar surface area (TPSA) is 69.7 Å². The van der Waals surface area contributed by atoms with Crippen molar-refractivity contribution >= 4 is 17.7 Å². The number of hydrogen-bond donors (Lipinski definition) is 0. The minimum absolute atomic E-state index is 0.107. The molecule has 0 bridgehead atoms. The molecule has 5 nitrogen and oxygen atoms in total. The summed E-state index contributed by atoms with van der Waals surface area (Å²) in [5.74, 6) is -1.88. The fourth-order valence-electron chi connectivity index (χ4n) is 3.16. The van der Waals surface area contributed by atoms with Crippen molar-refractivity contribution in [1.82, 2.24) is 0 Å². The number of ether oxygens (including phenoxy) is 2. The monoisotopic (exact) mass is 298 g/mol. The first-order valence-corrected chi connectivity index (χ1v) is 7.77. The fraction of sp³-hybridized carbons (Fsp3) is 0.812. The maximum Gasteiger partial charge on any atom is 0.320 e. The minimum atomic E-state index is -0.985. The molecule has 1 fully saturated rings. The quantitative estimate of drug-likeness (QED) is 0.556. The third-order valence-corrected chi connectivity index (χ3v) is 4.14. The van der Waals surface area contributed by atoms with Crippen molar-refractivity contribution in [1.29, 1.82) is 0 Å². The molecule has 1 aliphatic carbocycles. The van der Waals surface area contributed by atoms with Gasteiger partial charge in [0.2, 0.25) is 0 Å². The van der Waals surface area contributed by atoms with Crippen LogP contribution in [0.4, 0.5) is 0 Å². The molecule has 0 N–H and O–H groups in total. The molecule has 120 valence electrons. The summed E-state index contributed by atoms with van der Waals surface area (Å²) in [6.07, 6.45) is 1.50. The normalized spacial score (nSPS) is 22.5. The molecule has 0 aliphatic heterocycles. The van der Waals surface area contributed by atoms with Gasteiger partial charge in [0.15, 0.2) is 5.92 Å². The third-order valence-electron chi connectivity index (χ3n) is 4.14. The van der Waals surface area contributed by atoms with E-state index in [1.165, 1.54) is 0 Å². The molecule has 1 saturated carbocycles. The number of esters is 2. The van der Waals surface area contributed by atoms with Gasteiger partial charge in [-0.3, -0.25) is 14.4 Å². The summed E-state index contributed by atoms with van der Waals surface area (Å²) in [7, 11) is 0. The van der Waals surface area contributed by atoms with Crippen LogP contribution in [0.3, 0.4) is 0 Å². The zero-order valence-electron chi connectivity index (χ0n) is 13.4. The van der Waals surface area contributed by atoms with Gasteiger partial charge in [-0.25, -0.2) is 0 Å². The second-order valence-electron chi connectivity index (χ2n) is 5.83. The van der Waals surface area contributed by atoms with Crippen LogP contribution in [0.1, 0.15) is 47.0 Å². The van der Waals surface area contributed by atoms with Crippen molar-refractivity contribution in [3.05, 3.63) is 0 Å². The van der Waals surface area contributed by atoms with Crippen LogP contribution in [-0.2, 0) is 23.9 Å². The number of hydrogen-bond acceptors (Lipinski definition) is 5. The van der Waals surface area contributed by atoms with Crippen molar-refractivity contribution in [2.45, 2.75) is 47.0 Å². The lowest BCUT2D eigenvalue weighted by Crippen LogP contribution is -2.42. The van der Waals surface area contributed by atoms with Crippen LogP contribution in [0.25, 0.3) is 0 Å². The maximum absolute atomic E-state index is 12.2. The minimum Gasteiger partial charge on any atom is -0.465 e. The van der Waals surface area contributed by atoms with Crippen molar-refractivity contribution in [2.24, 2.45) is 23.7 Å². The largest absolute Gasteiger partial charge is 0.465 e. The summed E-state index contributed by atoms with van der Waals surface area (Å²) in [5.41, 5.74) is 0. The molecule has 21 heavy (non-hydrogen) atoms. The van der Waals surface area contributed by atoms with Gasteiger partial charge >= 0.3 is 11.9 Å². The highest BCUT2D eigenvalue weighted by atomic mass is 16.6.